The Labute approximate surface area is 114 Å². The average Bonchev–Trinajstić information content (AvgIpc) is 2.42. The third-order valence-electron chi connectivity index (χ3n) is 3.28. The van der Waals surface area contributed by atoms with Crippen molar-refractivity contribution in [2.45, 2.75) is 13.8 Å². The van der Waals surface area contributed by atoms with Gasteiger partial charge in [0.25, 0.3) is 0 Å². The van der Waals surface area contributed by atoms with Crippen molar-refractivity contribution >= 4 is 22.5 Å². The number of nitrogens with two attached hydrogens (primary N) is 1. The van der Waals surface area contributed by atoms with Crippen LogP contribution >= 0.6 is 0 Å². The Morgan fingerprint density at radius 2 is 2.00 bits per heavy atom. The summed E-state index contributed by atoms with van der Waals surface area (Å²) in [7, 11) is -0.764. The van der Waals surface area contributed by atoms with Crippen LogP contribution < -0.4 is 10.6 Å². The van der Waals surface area contributed by atoms with Crippen molar-refractivity contribution in [3.8, 4) is 0 Å². The van der Waals surface area contributed by atoms with Crippen LogP contribution in [0.4, 0.5) is 5.82 Å². The maximum absolute atomic E-state index is 11.4. The first-order valence-electron chi connectivity index (χ1n) is 5.96. The average molecular weight is 283 g/mol. The van der Waals surface area contributed by atoms with E-state index in [0.29, 0.717) is 36.0 Å². The molecule has 1 aromatic rings. The van der Waals surface area contributed by atoms with E-state index in [1.807, 2.05) is 18.7 Å². The molecule has 0 radical (unpaired) electrons. The van der Waals surface area contributed by atoms with E-state index in [9.17, 15) is 4.21 Å². The van der Waals surface area contributed by atoms with Gasteiger partial charge in [0.2, 0.25) is 0 Å². The van der Waals surface area contributed by atoms with E-state index in [-0.39, 0.29) is 5.84 Å². The van der Waals surface area contributed by atoms with Gasteiger partial charge < -0.3 is 15.8 Å². The lowest BCUT2D eigenvalue weighted by Crippen LogP contribution is -2.40. The molecular weight excluding hydrogens is 266 g/mol. The Kier molecular flexibility index (Phi) is 3.98. The van der Waals surface area contributed by atoms with Gasteiger partial charge in [-0.1, -0.05) is 5.16 Å². The van der Waals surface area contributed by atoms with Gasteiger partial charge >= 0.3 is 0 Å². The van der Waals surface area contributed by atoms with E-state index in [0.717, 1.165) is 11.3 Å². The highest BCUT2D eigenvalue weighted by molar-refractivity contribution is 7.85. The molecule has 8 heteroatoms. The zero-order chi connectivity index (χ0) is 14.0. The lowest BCUT2D eigenvalue weighted by Gasteiger charge is -2.29. The molecular formula is C11H17N5O2S. The molecule has 7 nitrogen and oxygen atoms in total. The number of aromatic nitrogens is 2. The maximum atomic E-state index is 11.4. The van der Waals surface area contributed by atoms with Crippen LogP contribution in [0.5, 0.6) is 0 Å². The number of oxime groups is 1. The summed E-state index contributed by atoms with van der Waals surface area (Å²) in [6.45, 7) is 4.96. The molecule has 1 aliphatic rings. The van der Waals surface area contributed by atoms with Crippen molar-refractivity contribution in [1.29, 1.82) is 0 Å². The molecule has 0 aliphatic carbocycles. The third-order valence-corrected chi connectivity index (χ3v) is 4.55. The molecule has 0 aromatic carbocycles. The van der Waals surface area contributed by atoms with E-state index >= 15 is 0 Å². The van der Waals surface area contributed by atoms with Crippen LogP contribution in [0.3, 0.4) is 0 Å². The highest BCUT2D eigenvalue weighted by atomic mass is 32.2. The minimum Gasteiger partial charge on any atom is -0.409 e. The van der Waals surface area contributed by atoms with Crippen LogP contribution in [0.2, 0.25) is 0 Å². The summed E-state index contributed by atoms with van der Waals surface area (Å²) in [6.07, 6.45) is 0. The lowest BCUT2D eigenvalue weighted by atomic mass is 10.1. The first-order chi connectivity index (χ1) is 9.04. The van der Waals surface area contributed by atoms with Crippen LogP contribution in [0, 0.1) is 13.8 Å². The first-order valence-corrected chi connectivity index (χ1v) is 7.45. The molecule has 0 bridgehead atoms. The molecule has 1 fully saturated rings. The van der Waals surface area contributed by atoms with Gasteiger partial charge in [-0.15, -0.1) is 5.10 Å². The Balaban J connectivity index is 2.45. The van der Waals surface area contributed by atoms with Crippen LogP contribution in [-0.4, -0.2) is 50.0 Å². The molecule has 3 N–H and O–H groups in total. The zero-order valence-electron chi connectivity index (χ0n) is 11.0. The van der Waals surface area contributed by atoms with Crippen molar-refractivity contribution in [2.24, 2.45) is 10.9 Å². The van der Waals surface area contributed by atoms with Crippen molar-refractivity contribution in [3.63, 3.8) is 0 Å². The largest absolute Gasteiger partial charge is 0.409 e. The van der Waals surface area contributed by atoms with Gasteiger partial charge in [0, 0.05) is 35.4 Å². The Morgan fingerprint density at radius 3 is 2.58 bits per heavy atom. The minimum atomic E-state index is -0.764. The number of hydrogen-bond acceptors (Lipinski definition) is 6. The van der Waals surface area contributed by atoms with Crippen LogP contribution in [-0.2, 0) is 10.8 Å². The highest BCUT2D eigenvalue weighted by Crippen LogP contribution is 2.23. The van der Waals surface area contributed by atoms with E-state index in [1.54, 1.807) is 0 Å². The molecule has 1 saturated heterocycles. The molecule has 1 aromatic heterocycles. The second kappa shape index (κ2) is 5.52. The van der Waals surface area contributed by atoms with Crippen molar-refractivity contribution in [3.05, 3.63) is 16.8 Å². The number of aryl methyl sites for hydroxylation is 1. The van der Waals surface area contributed by atoms with Gasteiger partial charge in [0.05, 0.1) is 11.3 Å². The summed E-state index contributed by atoms with van der Waals surface area (Å²) in [6, 6.07) is 0. The summed E-state index contributed by atoms with van der Waals surface area (Å²) >= 11 is 0. The summed E-state index contributed by atoms with van der Waals surface area (Å²) in [5.41, 5.74) is 7.93. The van der Waals surface area contributed by atoms with Crippen molar-refractivity contribution < 1.29 is 9.42 Å². The number of anilines is 1. The fraction of sp³-hybridized carbons (Fsp3) is 0.545. The van der Waals surface area contributed by atoms with Crippen LogP contribution in [0.15, 0.2) is 5.16 Å². The molecule has 104 valence electrons. The predicted octanol–water partition coefficient (Wildman–Crippen LogP) is -0.243. The summed E-state index contributed by atoms with van der Waals surface area (Å²) in [5.74, 6) is 1.82. The van der Waals surface area contributed by atoms with E-state index in [2.05, 4.69) is 15.4 Å². The Morgan fingerprint density at radius 1 is 1.37 bits per heavy atom. The standard InChI is InChI=1S/C11H17N5O2S/c1-7-8(2)13-14-11(9(7)10(12)15-17)16-3-5-19(18)6-4-16/h17H,3-6H2,1-2H3,(H2,12,15). The van der Waals surface area contributed by atoms with E-state index in [1.165, 1.54) is 0 Å². The molecule has 2 heterocycles. The second-order valence-electron chi connectivity index (χ2n) is 4.43. The SMILES string of the molecule is Cc1nnc(N2CCS(=O)CC2)c(/C(N)=N/O)c1C. The van der Waals surface area contributed by atoms with Gasteiger partial charge in [-0.05, 0) is 19.4 Å². The zero-order valence-corrected chi connectivity index (χ0v) is 11.8. The molecule has 0 unspecified atom stereocenters. The third kappa shape index (κ3) is 2.67. The van der Waals surface area contributed by atoms with E-state index < -0.39 is 10.8 Å². The Bertz CT molecular complexity index is 536. The van der Waals surface area contributed by atoms with Gasteiger partial charge in [-0.2, -0.15) is 5.10 Å². The quantitative estimate of drug-likeness (QED) is 0.336. The number of nitrogens with zero attached hydrogens (tertiary/aromatic N) is 4. The van der Waals surface area contributed by atoms with E-state index in [4.69, 9.17) is 10.9 Å². The molecule has 1 aliphatic heterocycles. The maximum Gasteiger partial charge on any atom is 0.174 e. The molecule has 0 atom stereocenters. The Hall–Kier alpha value is -1.70. The number of rotatable bonds is 2. The lowest BCUT2D eigenvalue weighted by molar-refractivity contribution is 0.318. The van der Waals surface area contributed by atoms with Crippen molar-refractivity contribution in [2.75, 3.05) is 29.5 Å². The fourth-order valence-electron chi connectivity index (χ4n) is 2.02. The normalized spacial score (nSPS) is 17.8. The van der Waals surface area contributed by atoms with Gasteiger partial charge in [0.1, 0.15) is 0 Å². The van der Waals surface area contributed by atoms with Crippen LogP contribution in [0.25, 0.3) is 0 Å². The smallest absolute Gasteiger partial charge is 0.174 e. The monoisotopic (exact) mass is 283 g/mol. The molecule has 2 rings (SSSR count). The van der Waals surface area contributed by atoms with Gasteiger partial charge in [0.15, 0.2) is 11.7 Å². The summed E-state index contributed by atoms with van der Waals surface area (Å²) < 4.78 is 11.4. The number of hydrogen-bond donors (Lipinski definition) is 2. The summed E-state index contributed by atoms with van der Waals surface area (Å²) in [4.78, 5) is 1.98. The molecule has 0 saturated carbocycles. The number of amidine groups is 1. The first kappa shape index (κ1) is 13.7. The molecule has 0 amide bonds. The topological polar surface area (TPSA) is 105 Å². The molecule has 19 heavy (non-hydrogen) atoms. The highest BCUT2D eigenvalue weighted by Gasteiger charge is 2.23. The summed E-state index contributed by atoms with van der Waals surface area (Å²) in [5, 5.41) is 20.2. The predicted molar refractivity (Wildman–Crippen MR) is 74.1 cm³/mol. The van der Waals surface area contributed by atoms with Gasteiger partial charge in [-0.25, -0.2) is 0 Å². The molecule has 0 spiro atoms. The van der Waals surface area contributed by atoms with Crippen LogP contribution in [0.1, 0.15) is 16.8 Å². The van der Waals surface area contributed by atoms with Crippen molar-refractivity contribution in [1.82, 2.24) is 10.2 Å². The minimum absolute atomic E-state index is 0.0252. The second-order valence-corrected chi connectivity index (χ2v) is 6.13. The fourth-order valence-corrected chi connectivity index (χ4v) is 3.08. The van der Waals surface area contributed by atoms with Gasteiger partial charge in [-0.3, -0.25) is 4.21 Å².